The van der Waals surface area contributed by atoms with Gasteiger partial charge >= 0.3 is 0 Å². The van der Waals surface area contributed by atoms with Crippen molar-refractivity contribution in [3.8, 4) is 0 Å². The second kappa shape index (κ2) is 3.73. The summed E-state index contributed by atoms with van der Waals surface area (Å²) in [6.07, 6.45) is 1.24. The van der Waals surface area contributed by atoms with E-state index in [1.165, 1.54) is 6.42 Å². The van der Waals surface area contributed by atoms with Gasteiger partial charge in [-0.05, 0) is 43.8 Å². The molecule has 3 heteroatoms. The fourth-order valence-corrected chi connectivity index (χ4v) is 2.45. The number of ether oxygens (including phenoxy) is 1. The third-order valence-corrected chi connectivity index (χ3v) is 3.27. The summed E-state index contributed by atoms with van der Waals surface area (Å²) >= 11 is 0. The molecule has 0 spiro atoms. The molecule has 0 aromatic carbocycles. The highest BCUT2D eigenvalue weighted by molar-refractivity contribution is 4.87. The molecule has 2 fully saturated rings. The monoisotopic (exact) mass is 170 g/mol. The number of rotatable bonds is 2. The lowest BCUT2D eigenvalue weighted by atomic mass is 9.83. The van der Waals surface area contributed by atoms with E-state index < -0.39 is 0 Å². The van der Waals surface area contributed by atoms with E-state index in [0.717, 1.165) is 44.7 Å². The number of hydrogen-bond acceptors (Lipinski definition) is 3. The Balaban J connectivity index is 1.92. The van der Waals surface area contributed by atoms with Crippen LogP contribution in [0.3, 0.4) is 0 Å². The van der Waals surface area contributed by atoms with Gasteiger partial charge < -0.3 is 15.8 Å². The molecule has 2 saturated heterocycles. The van der Waals surface area contributed by atoms with E-state index in [4.69, 9.17) is 10.5 Å². The molecule has 2 heterocycles. The second-order valence-corrected chi connectivity index (χ2v) is 3.94. The SMILES string of the molecule is NCC1CNCC1C1CCOC1. The van der Waals surface area contributed by atoms with Crippen molar-refractivity contribution in [2.45, 2.75) is 6.42 Å². The summed E-state index contributed by atoms with van der Waals surface area (Å²) in [5.41, 5.74) is 5.71. The van der Waals surface area contributed by atoms with Crippen LogP contribution < -0.4 is 11.1 Å². The van der Waals surface area contributed by atoms with Crippen molar-refractivity contribution >= 4 is 0 Å². The zero-order valence-electron chi connectivity index (χ0n) is 7.46. The van der Waals surface area contributed by atoms with Gasteiger partial charge in [0.2, 0.25) is 0 Å². The van der Waals surface area contributed by atoms with Crippen LogP contribution in [-0.2, 0) is 4.74 Å². The quantitative estimate of drug-likeness (QED) is 0.604. The molecular weight excluding hydrogens is 152 g/mol. The van der Waals surface area contributed by atoms with Gasteiger partial charge in [-0.3, -0.25) is 0 Å². The van der Waals surface area contributed by atoms with E-state index >= 15 is 0 Å². The lowest BCUT2D eigenvalue weighted by molar-refractivity contribution is 0.166. The predicted octanol–water partition coefficient (Wildman–Crippen LogP) is -0.183. The predicted molar refractivity (Wildman–Crippen MR) is 47.8 cm³/mol. The molecule has 2 rings (SSSR count). The average Bonchev–Trinajstić information content (AvgIpc) is 2.74. The van der Waals surface area contributed by atoms with Crippen LogP contribution in [0.4, 0.5) is 0 Å². The smallest absolute Gasteiger partial charge is 0.0498 e. The highest BCUT2D eigenvalue weighted by atomic mass is 16.5. The first-order valence-corrected chi connectivity index (χ1v) is 4.90. The van der Waals surface area contributed by atoms with Gasteiger partial charge in [0.15, 0.2) is 0 Å². The third-order valence-electron chi connectivity index (χ3n) is 3.27. The summed E-state index contributed by atoms with van der Waals surface area (Å²) in [7, 11) is 0. The van der Waals surface area contributed by atoms with Gasteiger partial charge in [0.05, 0.1) is 0 Å². The van der Waals surface area contributed by atoms with Gasteiger partial charge in [-0.15, -0.1) is 0 Å². The van der Waals surface area contributed by atoms with Crippen LogP contribution in [-0.4, -0.2) is 32.8 Å². The third kappa shape index (κ3) is 1.49. The molecular formula is C9H18N2O. The van der Waals surface area contributed by atoms with Crippen molar-refractivity contribution < 1.29 is 4.74 Å². The first-order chi connectivity index (χ1) is 5.92. The van der Waals surface area contributed by atoms with E-state index in [-0.39, 0.29) is 0 Å². The summed E-state index contributed by atoms with van der Waals surface area (Å²) in [4.78, 5) is 0. The van der Waals surface area contributed by atoms with E-state index in [1.54, 1.807) is 0 Å². The Morgan fingerprint density at radius 2 is 2.33 bits per heavy atom. The van der Waals surface area contributed by atoms with Crippen LogP contribution in [0, 0.1) is 17.8 Å². The molecule has 3 unspecified atom stereocenters. The Morgan fingerprint density at radius 3 is 3.00 bits per heavy atom. The molecule has 0 saturated carbocycles. The van der Waals surface area contributed by atoms with E-state index in [0.29, 0.717) is 5.92 Å². The summed E-state index contributed by atoms with van der Waals surface area (Å²) < 4.78 is 5.39. The van der Waals surface area contributed by atoms with Gasteiger partial charge in [0.1, 0.15) is 0 Å². The number of hydrogen-bond donors (Lipinski definition) is 2. The van der Waals surface area contributed by atoms with Crippen molar-refractivity contribution in [3.63, 3.8) is 0 Å². The number of nitrogens with one attached hydrogen (secondary N) is 1. The first-order valence-electron chi connectivity index (χ1n) is 4.90. The molecule has 0 bridgehead atoms. The molecule has 3 nitrogen and oxygen atoms in total. The maximum Gasteiger partial charge on any atom is 0.0498 e. The van der Waals surface area contributed by atoms with Crippen LogP contribution in [0.15, 0.2) is 0 Å². The zero-order chi connectivity index (χ0) is 8.39. The normalized spacial score (nSPS) is 42.2. The highest BCUT2D eigenvalue weighted by Crippen LogP contribution is 2.29. The first kappa shape index (κ1) is 8.48. The Bertz CT molecular complexity index is 145. The standard InChI is InChI=1S/C9H18N2O/c10-3-8-4-11-5-9(8)7-1-2-12-6-7/h7-9,11H,1-6,10H2. The Kier molecular flexibility index (Phi) is 2.63. The average molecular weight is 170 g/mol. The summed E-state index contributed by atoms with van der Waals surface area (Å²) in [5, 5.41) is 3.41. The molecule has 0 amide bonds. The fraction of sp³-hybridized carbons (Fsp3) is 1.00. The van der Waals surface area contributed by atoms with Gasteiger partial charge in [0, 0.05) is 13.2 Å². The van der Waals surface area contributed by atoms with Crippen molar-refractivity contribution in [1.82, 2.24) is 5.32 Å². The summed E-state index contributed by atoms with van der Waals surface area (Å²) in [6, 6.07) is 0. The van der Waals surface area contributed by atoms with E-state index in [9.17, 15) is 0 Å². The van der Waals surface area contributed by atoms with Crippen LogP contribution in [0.1, 0.15) is 6.42 Å². The minimum absolute atomic E-state index is 0.691. The topological polar surface area (TPSA) is 47.3 Å². The van der Waals surface area contributed by atoms with Gasteiger partial charge in [-0.1, -0.05) is 0 Å². The number of nitrogens with two attached hydrogens (primary N) is 1. The maximum absolute atomic E-state index is 5.71. The minimum atomic E-state index is 0.691. The van der Waals surface area contributed by atoms with Crippen molar-refractivity contribution in [1.29, 1.82) is 0 Å². The van der Waals surface area contributed by atoms with Gasteiger partial charge in [-0.25, -0.2) is 0 Å². The summed E-state index contributed by atoms with van der Waals surface area (Å²) in [5.74, 6) is 2.24. The summed E-state index contributed by atoms with van der Waals surface area (Å²) in [6.45, 7) is 5.00. The molecule has 2 aliphatic heterocycles. The second-order valence-electron chi connectivity index (χ2n) is 3.94. The Morgan fingerprint density at radius 1 is 1.42 bits per heavy atom. The van der Waals surface area contributed by atoms with E-state index in [1.807, 2.05) is 0 Å². The van der Waals surface area contributed by atoms with Crippen molar-refractivity contribution in [2.75, 3.05) is 32.8 Å². The van der Waals surface area contributed by atoms with Crippen LogP contribution in [0.25, 0.3) is 0 Å². The highest BCUT2D eigenvalue weighted by Gasteiger charge is 2.34. The molecule has 70 valence electrons. The molecule has 0 aromatic rings. The largest absolute Gasteiger partial charge is 0.381 e. The van der Waals surface area contributed by atoms with Crippen molar-refractivity contribution in [3.05, 3.63) is 0 Å². The molecule has 0 aromatic heterocycles. The van der Waals surface area contributed by atoms with Gasteiger partial charge in [0.25, 0.3) is 0 Å². The lowest BCUT2D eigenvalue weighted by Gasteiger charge is -2.21. The van der Waals surface area contributed by atoms with Crippen LogP contribution in [0.2, 0.25) is 0 Å². The molecule has 2 aliphatic rings. The molecule has 3 atom stereocenters. The molecule has 0 radical (unpaired) electrons. The van der Waals surface area contributed by atoms with Crippen molar-refractivity contribution in [2.24, 2.45) is 23.5 Å². The Hall–Kier alpha value is -0.120. The minimum Gasteiger partial charge on any atom is -0.381 e. The van der Waals surface area contributed by atoms with Crippen LogP contribution in [0.5, 0.6) is 0 Å². The molecule has 0 aliphatic carbocycles. The Labute approximate surface area is 73.7 Å². The molecule has 12 heavy (non-hydrogen) atoms. The van der Waals surface area contributed by atoms with Gasteiger partial charge in [-0.2, -0.15) is 0 Å². The molecule has 3 N–H and O–H groups in total. The maximum atomic E-state index is 5.71. The lowest BCUT2D eigenvalue weighted by Crippen LogP contribution is -2.28. The van der Waals surface area contributed by atoms with Crippen LogP contribution >= 0.6 is 0 Å². The van der Waals surface area contributed by atoms with E-state index in [2.05, 4.69) is 5.32 Å². The zero-order valence-corrected chi connectivity index (χ0v) is 7.46. The fourth-order valence-electron chi connectivity index (χ4n) is 2.45.